The first kappa shape index (κ1) is 16.5. The molecule has 1 aromatic carbocycles. The molecule has 0 aromatic heterocycles. The second-order valence-electron chi connectivity index (χ2n) is 6.32. The second-order valence-corrected chi connectivity index (χ2v) is 6.32. The van der Waals surface area contributed by atoms with Crippen LogP contribution < -0.4 is 5.32 Å². The van der Waals surface area contributed by atoms with Gasteiger partial charge in [-0.2, -0.15) is 0 Å². The van der Waals surface area contributed by atoms with Crippen LogP contribution in [0.1, 0.15) is 24.8 Å². The number of hydrogen-bond donors (Lipinski definition) is 1. The molecular formula is C18H23N3O3. The molecule has 0 spiro atoms. The highest BCUT2D eigenvalue weighted by Gasteiger charge is 2.33. The highest BCUT2D eigenvalue weighted by atomic mass is 16.2. The van der Waals surface area contributed by atoms with Crippen molar-refractivity contribution in [2.45, 2.75) is 31.7 Å². The van der Waals surface area contributed by atoms with Gasteiger partial charge in [0, 0.05) is 45.4 Å². The van der Waals surface area contributed by atoms with Crippen molar-refractivity contribution >= 4 is 17.7 Å². The lowest BCUT2D eigenvalue weighted by Gasteiger charge is -2.35. The molecule has 6 heteroatoms. The molecule has 1 N–H and O–H groups in total. The maximum atomic E-state index is 12.6. The van der Waals surface area contributed by atoms with Crippen molar-refractivity contribution < 1.29 is 14.4 Å². The number of benzene rings is 1. The maximum absolute atomic E-state index is 12.6. The molecular weight excluding hydrogens is 306 g/mol. The Morgan fingerprint density at radius 2 is 1.96 bits per heavy atom. The lowest BCUT2D eigenvalue weighted by atomic mass is 10.0. The van der Waals surface area contributed by atoms with E-state index in [1.807, 2.05) is 30.3 Å². The number of carbonyl (C=O) groups is 3. The number of hydrogen-bond acceptors (Lipinski definition) is 3. The van der Waals surface area contributed by atoms with Gasteiger partial charge in [0.1, 0.15) is 6.04 Å². The Labute approximate surface area is 141 Å². The van der Waals surface area contributed by atoms with Crippen molar-refractivity contribution in [3.05, 3.63) is 35.9 Å². The monoisotopic (exact) mass is 329 g/mol. The van der Waals surface area contributed by atoms with E-state index in [1.54, 1.807) is 9.80 Å². The standard InChI is InChI=1S/C18H23N3O3/c22-16-7-4-10-20(16)11-8-17(23)21-12-9-19-18(24)15(21)13-14-5-2-1-3-6-14/h1-3,5-6,15H,4,7-13H2,(H,19,24)/t15-/m1/s1. The molecule has 128 valence electrons. The van der Waals surface area contributed by atoms with Gasteiger partial charge in [-0.3, -0.25) is 14.4 Å². The number of carbonyl (C=O) groups excluding carboxylic acids is 3. The van der Waals surface area contributed by atoms with E-state index >= 15 is 0 Å². The van der Waals surface area contributed by atoms with Crippen LogP contribution >= 0.6 is 0 Å². The summed E-state index contributed by atoms with van der Waals surface area (Å²) in [4.78, 5) is 39.9. The SMILES string of the molecule is O=C1NCCN(C(=O)CCN2CCCC2=O)[C@@H]1Cc1ccccc1. The zero-order valence-electron chi connectivity index (χ0n) is 13.7. The van der Waals surface area contributed by atoms with Crippen LogP contribution in [0.25, 0.3) is 0 Å². The predicted molar refractivity (Wildman–Crippen MR) is 89.1 cm³/mol. The van der Waals surface area contributed by atoms with E-state index in [4.69, 9.17) is 0 Å². The summed E-state index contributed by atoms with van der Waals surface area (Å²) in [5.74, 6) is -0.0267. The summed E-state index contributed by atoms with van der Waals surface area (Å²) in [7, 11) is 0. The summed E-state index contributed by atoms with van der Waals surface area (Å²) in [5.41, 5.74) is 1.03. The summed E-state index contributed by atoms with van der Waals surface area (Å²) in [6.07, 6.45) is 2.25. The van der Waals surface area contributed by atoms with Gasteiger partial charge in [0.15, 0.2) is 0 Å². The van der Waals surface area contributed by atoms with E-state index in [2.05, 4.69) is 5.32 Å². The Balaban J connectivity index is 1.63. The number of nitrogens with zero attached hydrogens (tertiary/aromatic N) is 2. The van der Waals surface area contributed by atoms with Gasteiger partial charge in [0.05, 0.1) is 0 Å². The number of amides is 3. The maximum Gasteiger partial charge on any atom is 0.243 e. The summed E-state index contributed by atoms with van der Waals surface area (Å²) < 4.78 is 0. The molecule has 2 heterocycles. The van der Waals surface area contributed by atoms with Crippen LogP contribution in [0.15, 0.2) is 30.3 Å². The van der Waals surface area contributed by atoms with Gasteiger partial charge >= 0.3 is 0 Å². The zero-order valence-corrected chi connectivity index (χ0v) is 13.7. The van der Waals surface area contributed by atoms with Crippen molar-refractivity contribution in [3.63, 3.8) is 0 Å². The van der Waals surface area contributed by atoms with E-state index < -0.39 is 6.04 Å². The van der Waals surface area contributed by atoms with Gasteiger partial charge in [-0.15, -0.1) is 0 Å². The molecule has 2 saturated heterocycles. The summed E-state index contributed by atoms with van der Waals surface area (Å²) in [5, 5.41) is 2.84. The minimum Gasteiger partial charge on any atom is -0.353 e. The van der Waals surface area contributed by atoms with Crippen molar-refractivity contribution in [3.8, 4) is 0 Å². The summed E-state index contributed by atoms with van der Waals surface area (Å²) in [6.45, 7) is 2.20. The molecule has 0 saturated carbocycles. The largest absolute Gasteiger partial charge is 0.353 e. The molecule has 1 aromatic rings. The molecule has 1 atom stereocenters. The molecule has 2 aliphatic rings. The van der Waals surface area contributed by atoms with Crippen molar-refractivity contribution in [1.82, 2.24) is 15.1 Å². The fraction of sp³-hybridized carbons (Fsp3) is 0.500. The molecule has 0 bridgehead atoms. The topological polar surface area (TPSA) is 69.7 Å². The Morgan fingerprint density at radius 1 is 1.17 bits per heavy atom. The van der Waals surface area contributed by atoms with Crippen LogP contribution in [0, 0.1) is 0 Å². The second kappa shape index (κ2) is 7.47. The van der Waals surface area contributed by atoms with Crippen LogP contribution in [0.3, 0.4) is 0 Å². The lowest BCUT2D eigenvalue weighted by molar-refractivity contribution is -0.143. The first-order chi connectivity index (χ1) is 11.6. The van der Waals surface area contributed by atoms with Crippen LogP contribution in [0.4, 0.5) is 0 Å². The summed E-state index contributed by atoms with van der Waals surface area (Å²) in [6, 6.07) is 9.26. The van der Waals surface area contributed by atoms with Gasteiger partial charge in [0.25, 0.3) is 0 Å². The third-order valence-electron chi connectivity index (χ3n) is 4.69. The van der Waals surface area contributed by atoms with Crippen LogP contribution in [0.5, 0.6) is 0 Å². The van der Waals surface area contributed by atoms with E-state index in [1.165, 1.54) is 0 Å². The quantitative estimate of drug-likeness (QED) is 0.858. The molecule has 3 rings (SSSR count). The number of nitrogens with one attached hydrogen (secondary N) is 1. The van der Waals surface area contributed by atoms with Crippen molar-refractivity contribution in [2.24, 2.45) is 0 Å². The van der Waals surface area contributed by atoms with Gasteiger partial charge in [-0.25, -0.2) is 0 Å². The Morgan fingerprint density at radius 3 is 2.67 bits per heavy atom. The fourth-order valence-corrected chi connectivity index (χ4v) is 3.37. The van der Waals surface area contributed by atoms with E-state index in [-0.39, 0.29) is 24.1 Å². The number of rotatable bonds is 5. The average Bonchev–Trinajstić information content (AvgIpc) is 3.00. The third kappa shape index (κ3) is 3.75. The van der Waals surface area contributed by atoms with Gasteiger partial charge in [-0.05, 0) is 12.0 Å². The van der Waals surface area contributed by atoms with Crippen LogP contribution in [0.2, 0.25) is 0 Å². The molecule has 0 radical (unpaired) electrons. The fourth-order valence-electron chi connectivity index (χ4n) is 3.37. The molecule has 24 heavy (non-hydrogen) atoms. The van der Waals surface area contributed by atoms with E-state index in [9.17, 15) is 14.4 Å². The first-order valence-corrected chi connectivity index (χ1v) is 8.54. The molecule has 0 unspecified atom stereocenters. The first-order valence-electron chi connectivity index (χ1n) is 8.54. The minimum atomic E-state index is -0.470. The Kier molecular flexibility index (Phi) is 5.13. The van der Waals surface area contributed by atoms with E-state index in [0.29, 0.717) is 32.5 Å². The van der Waals surface area contributed by atoms with Gasteiger partial charge in [0.2, 0.25) is 17.7 Å². The number of likely N-dealkylation sites (tertiary alicyclic amines) is 1. The molecule has 0 aliphatic carbocycles. The highest BCUT2D eigenvalue weighted by Crippen LogP contribution is 2.15. The minimum absolute atomic E-state index is 0.0505. The highest BCUT2D eigenvalue weighted by molar-refractivity contribution is 5.89. The van der Waals surface area contributed by atoms with Crippen molar-refractivity contribution in [1.29, 1.82) is 0 Å². The lowest BCUT2D eigenvalue weighted by Crippen LogP contribution is -2.58. The van der Waals surface area contributed by atoms with Crippen LogP contribution in [-0.4, -0.2) is 59.7 Å². The Bertz CT molecular complexity index is 617. The number of piperazine rings is 1. The third-order valence-corrected chi connectivity index (χ3v) is 4.69. The molecule has 2 fully saturated rings. The van der Waals surface area contributed by atoms with Crippen LogP contribution in [-0.2, 0) is 20.8 Å². The Hall–Kier alpha value is -2.37. The van der Waals surface area contributed by atoms with Crippen molar-refractivity contribution in [2.75, 3.05) is 26.2 Å². The van der Waals surface area contributed by atoms with Gasteiger partial charge < -0.3 is 15.1 Å². The average molecular weight is 329 g/mol. The normalized spacial score (nSPS) is 21.1. The molecule has 6 nitrogen and oxygen atoms in total. The van der Waals surface area contributed by atoms with E-state index in [0.717, 1.165) is 18.5 Å². The zero-order chi connectivity index (χ0) is 16.9. The predicted octanol–water partition coefficient (Wildman–Crippen LogP) is 0.569. The smallest absolute Gasteiger partial charge is 0.243 e. The summed E-state index contributed by atoms with van der Waals surface area (Å²) >= 11 is 0. The van der Waals surface area contributed by atoms with Gasteiger partial charge in [-0.1, -0.05) is 30.3 Å². The molecule has 2 aliphatic heterocycles. The molecule has 3 amide bonds.